The van der Waals surface area contributed by atoms with E-state index in [-0.39, 0.29) is 0 Å². The number of aromatic nitrogens is 2. The Morgan fingerprint density at radius 1 is 1.05 bits per heavy atom. The van der Waals surface area contributed by atoms with Crippen molar-refractivity contribution in [3.8, 4) is 0 Å². The van der Waals surface area contributed by atoms with E-state index in [1.807, 2.05) is 30.6 Å². The van der Waals surface area contributed by atoms with Crippen LogP contribution in [-0.4, -0.2) is 23.1 Å². The molecule has 0 amide bonds. The molecule has 0 spiro atoms. The van der Waals surface area contributed by atoms with E-state index < -0.39 is 0 Å². The highest BCUT2D eigenvalue weighted by Gasteiger charge is 2.08. The first-order valence-electron chi connectivity index (χ1n) is 6.69. The Labute approximate surface area is 114 Å². The van der Waals surface area contributed by atoms with Crippen molar-refractivity contribution < 1.29 is 0 Å². The SMILES string of the molecule is CCNCc1cnc(N(CC)c2ccccc2)cn1. The second-order valence-corrected chi connectivity index (χ2v) is 4.23. The molecule has 19 heavy (non-hydrogen) atoms. The van der Waals surface area contributed by atoms with Gasteiger partial charge in [0, 0.05) is 18.8 Å². The molecule has 0 atom stereocenters. The Hall–Kier alpha value is -1.94. The molecule has 1 N–H and O–H groups in total. The summed E-state index contributed by atoms with van der Waals surface area (Å²) in [7, 11) is 0. The maximum Gasteiger partial charge on any atom is 0.151 e. The van der Waals surface area contributed by atoms with E-state index in [2.05, 4.69) is 46.2 Å². The highest BCUT2D eigenvalue weighted by molar-refractivity contribution is 5.58. The molecule has 0 aliphatic heterocycles. The lowest BCUT2D eigenvalue weighted by atomic mass is 10.3. The summed E-state index contributed by atoms with van der Waals surface area (Å²) in [5.41, 5.74) is 2.11. The molecular weight excluding hydrogens is 236 g/mol. The van der Waals surface area contributed by atoms with Gasteiger partial charge in [-0.05, 0) is 25.6 Å². The molecule has 0 radical (unpaired) electrons. The number of benzene rings is 1. The lowest BCUT2D eigenvalue weighted by molar-refractivity contribution is 0.706. The Balaban J connectivity index is 2.15. The summed E-state index contributed by atoms with van der Waals surface area (Å²) in [4.78, 5) is 11.1. The molecule has 0 fully saturated rings. The number of nitrogens with zero attached hydrogens (tertiary/aromatic N) is 3. The van der Waals surface area contributed by atoms with Crippen molar-refractivity contribution in [3.63, 3.8) is 0 Å². The summed E-state index contributed by atoms with van der Waals surface area (Å²) in [6.45, 7) is 6.76. The molecule has 100 valence electrons. The molecule has 0 saturated heterocycles. The topological polar surface area (TPSA) is 41.1 Å². The predicted molar refractivity (Wildman–Crippen MR) is 78.5 cm³/mol. The molecule has 4 heteroatoms. The molecule has 2 rings (SSSR count). The molecule has 0 unspecified atom stereocenters. The summed E-state index contributed by atoms with van der Waals surface area (Å²) in [5, 5.41) is 3.24. The van der Waals surface area contributed by atoms with Crippen LogP contribution in [0.15, 0.2) is 42.7 Å². The fourth-order valence-corrected chi connectivity index (χ4v) is 1.92. The van der Waals surface area contributed by atoms with Crippen molar-refractivity contribution in [2.75, 3.05) is 18.0 Å². The Morgan fingerprint density at radius 2 is 1.84 bits per heavy atom. The van der Waals surface area contributed by atoms with Crippen molar-refractivity contribution in [2.24, 2.45) is 0 Å². The van der Waals surface area contributed by atoms with E-state index in [1.54, 1.807) is 0 Å². The van der Waals surface area contributed by atoms with E-state index in [4.69, 9.17) is 0 Å². The third-order valence-corrected chi connectivity index (χ3v) is 2.91. The van der Waals surface area contributed by atoms with Gasteiger partial charge in [-0.1, -0.05) is 25.1 Å². The van der Waals surface area contributed by atoms with Gasteiger partial charge in [-0.2, -0.15) is 0 Å². The van der Waals surface area contributed by atoms with Gasteiger partial charge in [-0.25, -0.2) is 4.98 Å². The maximum atomic E-state index is 4.50. The zero-order valence-corrected chi connectivity index (χ0v) is 11.5. The number of hydrogen-bond acceptors (Lipinski definition) is 4. The van der Waals surface area contributed by atoms with Gasteiger partial charge >= 0.3 is 0 Å². The third-order valence-electron chi connectivity index (χ3n) is 2.91. The van der Waals surface area contributed by atoms with E-state index in [1.165, 1.54) is 0 Å². The van der Waals surface area contributed by atoms with E-state index in [0.717, 1.165) is 36.8 Å². The molecule has 0 aliphatic carbocycles. The molecule has 0 saturated carbocycles. The summed E-state index contributed by atoms with van der Waals surface area (Å²) in [6, 6.07) is 10.2. The van der Waals surface area contributed by atoms with Gasteiger partial charge in [0.1, 0.15) is 0 Å². The highest BCUT2D eigenvalue weighted by atomic mass is 15.2. The Bertz CT molecular complexity index is 481. The lowest BCUT2D eigenvalue weighted by Crippen LogP contribution is -2.18. The van der Waals surface area contributed by atoms with Gasteiger partial charge in [0.15, 0.2) is 5.82 Å². The average Bonchev–Trinajstić information content (AvgIpc) is 2.48. The van der Waals surface area contributed by atoms with E-state index in [9.17, 15) is 0 Å². The van der Waals surface area contributed by atoms with Crippen LogP contribution in [0.1, 0.15) is 19.5 Å². The second kappa shape index (κ2) is 6.85. The van der Waals surface area contributed by atoms with Crippen LogP contribution in [0.2, 0.25) is 0 Å². The number of anilines is 2. The van der Waals surface area contributed by atoms with Crippen LogP contribution >= 0.6 is 0 Å². The molecule has 0 bridgehead atoms. The van der Waals surface area contributed by atoms with Gasteiger partial charge in [-0.3, -0.25) is 4.98 Å². The fraction of sp³-hybridized carbons (Fsp3) is 0.333. The normalized spacial score (nSPS) is 10.4. The van der Waals surface area contributed by atoms with Gasteiger partial charge in [-0.15, -0.1) is 0 Å². The van der Waals surface area contributed by atoms with Crippen LogP contribution in [0.3, 0.4) is 0 Å². The molecule has 2 aromatic rings. The monoisotopic (exact) mass is 256 g/mol. The third kappa shape index (κ3) is 3.51. The lowest BCUT2D eigenvalue weighted by Gasteiger charge is -2.21. The predicted octanol–water partition coefficient (Wildman–Crippen LogP) is 2.74. The maximum absolute atomic E-state index is 4.50. The van der Waals surface area contributed by atoms with E-state index in [0.29, 0.717) is 0 Å². The summed E-state index contributed by atoms with van der Waals surface area (Å²) >= 11 is 0. The van der Waals surface area contributed by atoms with Crippen LogP contribution in [0, 0.1) is 0 Å². The Morgan fingerprint density at radius 3 is 2.42 bits per heavy atom. The number of nitrogens with one attached hydrogen (secondary N) is 1. The Kier molecular flexibility index (Phi) is 4.86. The van der Waals surface area contributed by atoms with Crippen molar-refractivity contribution in [1.29, 1.82) is 0 Å². The minimum Gasteiger partial charge on any atom is -0.325 e. The highest BCUT2D eigenvalue weighted by Crippen LogP contribution is 2.21. The minimum atomic E-state index is 0.765. The summed E-state index contributed by atoms with van der Waals surface area (Å²) in [5.74, 6) is 0.883. The first kappa shape index (κ1) is 13.5. The second-order valence-electron chi connectivity index (χ2n) is 4.23. The number of para-hydroxylation sites is 1. The summed E-state index contributed by atoms with van der Waals surface area (Å²) < 4.78 is 0. The number of hydrogen-bond donors (Lipinski definition) is 1. The van der Waals surface area contributed by atoms with Gasteiger partial charge in [0.2, 0.25) is 0 Å². The van der Waals surface area contributed by atoms with Gasteiger partial charge in [0.05, 0.1) is 18.1 Å². The van der Waals surface area contributed by atoms with Crippen LogP contribution in [0.4, 0.5) is 11.5 Å². The van der Waals surface area contributed by atoms with Crippen LogP contribution in [-0.2, 0) is 6.54 Å². The van der Waals surface area contributed by atoms with Crippen molar-refractivity contribution in [3.05, 3.63) is 48.4 Å². The molecule has 1 heterocycles. The molecule has 4 nitrogen and oxygen atoms in total. The molecular formula is C15H20N4. The summed E-state index contributed by atoms with van der Waals surface area (Å²) in [6.07, 6.45) is 3.67. The number of rotatable bonds is 6. The minimum absolute atomic E-state index is 0.765. The average molecular weight is 256 g/mol. The van der Waals surface area contributed by atoms with Crippen molar-refractivity contribution in [1.82, 2.24) is 15.3 Å². The van der Waals surface area contributed by atoms with Crippen LogP contribution < -0.4 is 10.2 Å². The van der Waals surface area contributed by atoms with Crippen molar-refractivity contribution >= 4 is 11.5 Å². The quantitative estimate of drug-likeness (QED) is 0.863. The standard InChI is InChI=1S/C15H20N4/c1-3-16-10-13-11-18-15(12-17-13)19(4-2)14-8-6-5-7-9-14/h5-9,11-12,16H,3-4,10H2,1-2H3. The van der Waals surface area contributed by atoms with Gasteiger partial charge in [0.25, 0.3) is 0 Å². The fourth-order valence-electron chi connectivity index (χ4n) is 1.92. The first-order valence-corrected chi connectivity index (χ1v) is 6.69. The first-order chi connectivity index (χ1) is 9.35. The molecule has 0 aliphatic rings. The zero-order valence-electron chi connectivity index (χ0n) is 11.5. The van der Waals surface area contributed by atoms with Gasteiger partial charge < -0.3 is 10.2 Å². The smallest absolute Gasteiger partial charge is 0.151 e. The zero-order chi connectivity index (χ0) is 13.5. The van der Waals surface area contributed by atoms with Crippen LogP contribution in [0.25, 0.3) is 0 Å². The molecule has 1 aromatic carbocycles. The van der Waals surface area contributed by atoms with Crippen molar-refractivity contribution in [2.45, 2.75) is 20.4 Å². The van der Waals surface area contributed by atoms with E-state index >= 15 is 0 Å². The van der Waals surface area contributed by atoms with Crippen LogP contribution in [0.5, 0.6) is 0 Å². The largest absolute Gasteiger partial charge is 0.325 e. The molecule has 1 aromatic heterocycles.